The molecule has 0 rings (SSSR count). The summed E-state index contributed by atoms with van der Waals surface area (Å²) in [6.07, 6.45) is 0. The van der Waals surface area contributed by atoms with E-state index < -0.39 is 7.82 Å². The minimum atomic E-state index is -5.39. The summed E-state index contributed by atoms with van der Waals surface area (Å²) in [6.45, 7) is 0. The van der Waals surface area contributed by atoms with Crippen molar-refractivity contribution in [3.8, 4) is 0 Å². The molecule has 8 heavy (non-hydrogen) atoms. The van der Waals surface area contributed by atoms with Crippen LogP contribution < -0.4 is 14.7 Å². The van der Waals surface area contributed by atoms with Crippen LogP contribution in [-0.2, 0) is 4.57 Å². The van der Waals surface area contributed by atoms with Gasteiger partial charge < -0.3 is 19.2 Å². The molecule has 0 unspecified atom stereocenters. The van der Waals surface area contributed by atoms with E-state index in [1.807, 2.05) is 0 Å². The third-order valence-electron chi connectivity index (χ3n) is 0. The molecule has 0 amide bonds. The Bertz CT molecular complexity index is 62.2. The molecule has 0 aromatic heterocycles. The van der Waals surface area contributed by atoms with E-state index in [0.717, 1.165) is 0 Å². The van der Waals surface area contributed by atoms with Crippen LogP contribution in [0.4, 0.5) is 0 Å². The fraction of sp³-hybridized carbons (Fsp3) is 0. The van der Waals surface area contributed by atoms with Crippen LogP contribution in [0.5, 0.6) is 0 Å². The molecule has 0 aromatic rings. The molecule has 0 heterocycles. The fourth-order valence-electron chi connectivity index (χ4n) is 0. The first kappa shape index (κ1) is 23.1. The van der Waals surface area contributed by atoms with E-state index in [9.17, 15) is 0 Å². The van der Waals surface area contributed by atoms with Gasteiger partial charge in [-0.25, -0.2) is 0 Å². The van der Waals surface area contributed by atoms with E-state index in [4.69, 9.17) is 19.2 Å². The molecule has 0 aliphatic carbocycles. The Labute approximate surface area is 64.3 Å². The summed E-state index contributed by atoms with van der Waals surface area (Å²) in [7, 11) is -5.39. The molecule has 0 saturated carbocycles. The molecular weight excluding hydrogens is 161 g/mol. The molecule has 4 nitrogen and oxygen atoms in total. The van der Waals surface area contributed by atoms with Crippen LogP contribution in [-0.4, -0.2) is 36.7 Å². The number of rotatable bonds is 0. The van der Waals surface area contributed by atoms with Gasteiger partial charge >= 0.3 is 17.4 Å². The number of hydrogen-bond donors (Lipinski definition) is 0. The standard InChI is InChI=1S/Al.B.H3O4P.H4Si/c;;1-5(2,3)4;/h;;(H3,1,2,3,4);1H4/q+3;;;/p-3. The van der Waals surface area contributed by atoms with Gasteiger partial charge in [0.15, 0.2) is 0 Å². The summed E-state index contributed by atoms with van der Waals surface area (Å²) in [5.74, 6) is 0. The van der Waals surface area contributed by atoms with E-state index >= 15 is 0 Å². The van der Waals surface area contributed by atoms with Gasteiger partial charge in [-0.3, -0.25) is 0 Å². The predicted molar refractivity (Wildman–Crippen MR) is 30.4 cm³/mol. The van der Waals surface area contributed by atoms with Crippen LogP contribution in [0.1, 0.15) is 0 Å². The van der Waals surface area contributed by atoms with Gasteiger partial charge in [0.25, 0.3) is 0 Å². The second-order valence-electron chi connectivity index (χ2n) is 0.447. The van der Waals surface area contributed by atoms with Gasteiger partial charge in [0.05, 0.1) is 0 Å². The molecule has 0 atom stereocenters. The Morgan fingerprint density at radius 3 is 1.12 bits per heavy atom. The monoisotopic (exact) mass is 165 g/mol. The second kappa shape index (κ2) is 7.92. The first-order valence-electron chi connectivity index (χ1n) is 0.730. The van der Waals surface area contributed by atoms with Crippen molar-refractivity contribution in [3.05, 3.63) is 0 Å². The van der Waals surface area contributed by atoms with Gasteiger partial charge in [-0.05, 0) is 11.0 Å². The number of hydrogen-bond acceptors (Lipinski definition) is 4. The topological polar surface area (TPSA) is 86.2 Å². The summed E-state index contributed by atoms with van der Waals surface area (Å²) >= 11 is 0. The van der Waals surface area contributed by atoms with Crippen molar-refractivity contribution < 1.29 is 19.2 Å². The molecule has 0 fully saturated rings. The van der Waals surface area contributed by atoms with Crippen LogP contribution in [0, 0.1) is 0 Å². The van der Waals surface area contributed by atoms with Gasteiger partial charge in [-0.15, -0.1) is 0 Å². The minimum Gasteiger partial charge on any atom is -0.822 e. The van der Waals surface area contributed by atoms with Crippen LogP contribution in [0.3, 0.4) is 0 Å². The molecule has 0 saturated heterocycles. The Hall–Kier alpha value is 0.924. The summed E-state index contributed by atoms with van der Waals surface area (Å²) in [5.41, 5.74) is 0. The Kier molecular flexibility index (Phi) is 22.9. The Balaban J connectivity index is -0.0000000267. The molecule has 0 spiro atoms. The molecular formula is H4AlBO4PSi. The zero-order valence-corrected chi connectivity index (χ0v) is 5.28. The Morgan fingerprint density at radius 2 is 1.12 bits per heavy atom. The zero-order valence-electron chi connectivity index (χ0n) is 3.23. The molecule has 0 aliphatic rings. The van der Waals surface area contributed by atoms with Crippen molar-refractivity contribution >= 4 is 44.6 Å². The predicted octanol–water partition coefficient (Wildman–Crippen LogP) is -5.04. The molecule has 0 N–H and O–H groups in total. The van der Waals surface area contributed by atoms with Crippen molar-refractivity contribution in [2.75, 3.05) is 0 Å². The van der Waals surface area contributed by atoms with Crippen LogP contribution >= 0.6 is 7.82 Å². The Morgan fingerprint density at radius 1 is 1.12 bits per heavy atom. The first-order valence-corrected chi connectivity index (χ1v) is 2.19. The molecule has 3 radical (unpaired) electrons. The van der Waals surface area contributed by atoms with Gasteiger partial charge in [0.1, 0.15) is 0 Å². The summed E-state index contributed by atoms with van der Waals surface area (Å²) in [4.78, 5) is 25.6. The van der Waals surface area contributed by atoms with Gasteiger partial charge in [-0.2, -0.15) is 7.82 Å². The number of phosphoric acid groups is 1. The smallest absolute Gasteiger partial charge is 0.822 e. The fourth-order valence-corrected chi connectivity index (χ4v) is 0. The maximum absolute atomic E-state index is 8.55. The SMILES string of the molecule is O=P([O-])([O-])[O-].[Al+3].[B].[SiH4]. The summed E-state index contributed by atoms with van der Waals surface area (Å²) < 4.78 is 8.55. The molecule has 43 valence electrons. The van der Waals surface area contributed by atoms with Crippen molar-refractivity contribution in [1.29, 1.82) is 0 Å². The third kappa shape index (κ3) is 284. The average Bonchev–Trinajstić information content (AvgIpc) is 0.722. The van der Waals surface area contributed by atoms with Crippen LogP contribution in [0.25, 0.3) is 0 Å². The molecule has 0 aliphatic heterocycles. The maximum atomic E-state index is 8.55. The van der Waals surface area contributed by atoms with E-state index in [1.54, 1.807) is 0 Å². The van der Waals surface area contributed by atoms with E-state index in [1.165, 1.54) is 0 Å². The van der Waals surface area contributed by atoms with Crippen LogP contribution in [0.2, 0.25) is 0 Å². The quantitative estimate of drug-likeness (QED) is 0.265. The van der Waals surface area contributed by atoms with E-state index in [-0.39, 0.29) is 36.7 Å². The van der Waals surface area contributed by atoms with E-state index in [0.29, 0.717) is 0 Å². The first-order chi connectivity index (χ1) is 2.00. The minimum absolute atomic E-state index is 0. The van der Waals surface area contributed by atoms with Gasteiger partial charge in [-0.1, -0.05) is 0 Å². The van der Waals surface area contributed by atoms with Crippen LogP contribution in [0.15, 0.2) is 0 Å². The normalized spacial score (nSPS) is 7.38. The van der Waals surface area contributed by atoms with Gasteiger partial charge in [0, 0.05) is 8.41 Å². The van der Waals surface area contributed by atoms with Crippen molar-refractivity contribution in [2.24, 2.45) is 0 Å². The average molecular weight is 165 g/mol. The second-order valence-corrected chi connectivity index (χ2v) is 1.34. The summed E-state index contributed by atoms with van der Waals surface area (Å²) in [6, 6.07) is 0. The van der Waals surface area contributed by atoms with Gasteiger partial charge in [0.2, 0.25) is 0 Å². The molecule has 0 aromatic carbocycles. The summed E-state index contributed by atoms with van der Waals surface area (Å²) in [5, 5.41) is 0. The maximum Gasteiger partial charge on any atom is 3.00 e. The van der Waals surface area contributed by atoms with Crippen molar-refractivity contribution in [1.82, 2.24) is 0 Å². The van der Waals surface area contributed by atoms with Crippen molar-refractivity contribution in [3.63, 3.8) is 0 Å². The zero-order chi connectivity index (χ0) is 4.50. The third-order valence-corrected chi connectivity index (χ3v) is 0. The largest absolute Gasteiger partial charge is 3.00 e. The molecule has 8 heteroatoms. The van der Waals surface area contributed by atoms with Crippen molar-refractivity contribution in [2.45, 2.75) is 0 Å². The van der Waals surface area contributed by atoms with E-state index in [2.05, 4.69) is 0 Å². The molecule has 0 bridgehead atoms.